The monoisotopic (exact) mass is 663 g/mol. The maximum atomic E-state index is 7.91. The first-order valence-electron chi connectivity index (χ1n) is 16.9. The van der Waals surface area contributed by atoms with Crippen LogP contribution >= 0.6 is 11.6 Å². The van der Waals surface area contributed by atoms with E-state index in [0.717, 1.165) is 22.1 Å². The average molecular weight is 664 g/mol. The van der Waals surface area contributed by atoms with Crippen LogP contribution in [-0.4, -0.2) is 8.07 Å². The Bertz CT molecular complexity index is 1820. The second-order valence-electron chi connectivity index (χ2n) is 14.9. The Hall–Kier alpha value is -4.37. The standard InChI is InChI=1S/C45H46ClNSi/c1-33-31-41(47(36-27-23-34(24-28-36)44(2,3)4)37-29-25-35(26-30-37)45(5,6)7)43(46)42(32-33)48(38-17-11-8-12-18-38,39-19-13-9-14-20-39)40-21-15-10-16-22-40/h8-32H,1-7H3. The van der Waals surface area contributed by atoms with E-state index >= 15 is 0 Å². The Balaban J connectivity index is 1.68. The summed E-state index contributed by atoms with van der Waals surface area (Å²) in [6.07, 6.45) is 0. The van der Waals surface area contributed by atoms with E-state index in [2.05, 4.69) is 205 Å². The molecule has 3 heteroatoms. The van der Waals surface area contributed by atoms with Gasteiger partial charge in [-0.05, 0) is 85.5 Å². The molecule has 0 aliphatic heterocycles. The summed E-state index contributed by atoms with van der Waals surface area (Å²) >= 11 is 7.91. The lowest BCUT2D eigenvalue weighted by molar-refractivity contribution is 0.590. The maximum Gasteiger partial charge on any atom is 0.181 e. The van der Waals surface area contributed by atoms with Crippen LogP contribution in [0.4, 0.5) is 17.1 Å². The number of hydrogen-bond donors (Lipinski definition) is 0. The molecule has 48 heavy (non-hydrogen) atoms. The van der Waals surface area contributed by atoms with Crippen LogP contribution in [0, 0.1) is 6.92 Å². The minimum atomic E-state index is -2.88. The molecule has 0 N–H and O–H groups in total. The second-order valence-corrected chi connectivity index (χ2v) is 19.1. The fraction of sp³-hybridized carbons (Fsp3) is 0.200. The Morgan fingerprint density at radius 2 is 0.833 bits per heavy atom. The van der Waals surface area contributed by atoms with E-state index in [4.69, 9.17) is 11.6 Å². The van der Waals surface area contributed by atoms with Crippen molar-refractivity contribution in [3.63, 3.8) is 0 Å². The summed E-state index contributed by atoms with van der Waals surface area (Å²) in [5, 5.41) is 5.87. The zero-order valence-electron chi connectivity index (χ0n) is 29.3. The molecule has 1 nitrogen and oxygen atoms in total. The van der Waals surface area contributed by atoms with E-state index in [1.807, 2.05) is 0 Å². The van der Waals surface area contributed by atoms with Crippen molar-refractivity contribution in [1.29, 1.82) is 0 Å². The predicted octanol–water partition coefficient (Wildman–Crippen LogP) is 10.1. The molecule has 0 saturated heterocycles. The fourth-order valence-electron chi connectivity index (χ4n) is 6.86. The van der Waals surface area contributed by atoms with Crippen molar-refractivity contribution in [2.75, 3.05) is 4.90 Å². The van der Waals surface area contributed by atoms with E-state index in [9.17, 15) is 0 Å². The summed E-state index contributed by atoms with van der Waals surface area (Å²) in [7, 11) is -2.88. The summed E-state index contributed by atoms with van der Waals surface area (Å²) < 4.78 is 0. The molecule has 0 atom stereocenters. The number of rotatable bonds is 7. The van der Waals surface area contributed by atoms with Crippen LogP contribution in [0.3, 0.4) is 0 Å². The highest BCUT2D eigenvalue weighted by Crippen LogP contribution is 2.41. The van der Waals surface area contributed by atoms with Gasteiger partial charge in [0, 0.05) is 11.4 Å². The molecule has 6 rings (SSSR count). The highest BCUT2D eigenvalue weighted by molar-refractivity contribution is 7.20. The Kier molecular flexibility index (Phi) is 9.26. The lowest BCUT2D eigenvalue weighted by Crippen LogP contribution is -2.75. The molecular weight excluding hydrogens is 618 g/mol. The molecule has 0 aliphatic carbocycles. The highest BCUT2D eigenvalue weighted by atomic mass is 35.5. The first kappa shape index (κ1) is 33.5. The van der Waals surface area contributed by atoms with Crippen molar-refractivity contribution in [2.24, 2.45) is 0 Å². The normalized spacial score (nSPS) is 12.2. The van der Waals surface area contributed by atoms with E-state index in [1.165, 1.54) is 37.4 Å². The summed E-state index contributed by atoms with van der Waals surface area (Å²) in [5.74, 6) is 0. The van der Waals surface area contributed by atoms with E-state index in [1.54, 1.807) is 0 Å². The lowest BCUT2D eigenvalue weighted by atomic mass is 9.86. The zero-order chi connectivity index (χ0) is 34.1. The molecule has 0 aliphatic rings. The lowest BCUT2D eigenvalue weighted by Gasteiger charge is -2.37. The number of anilines is 3. The molecular formula is C45H46ClNSi. The van der Waals surface area contributed by atoms with Crippen molar-refractivity contribution in [3.8, 4) is 0 Å². The Labute approximate surface area is 293 Å². The van der Waals surface area contributed by atoms with Crippen molar-refractivity contribution < 1.29 is 0 Å². The zero-order valence-corrected chi connectivity index (χ0v) is 31.0. The number of aryl methyl sites for hydroxylation is 1. The highest BCUT2D eigenvalue weighted by Gasteiger charge is 2.43. The largest absolute Gasteiger partial charge is 0.309 e. The van der Waals surface area contributed by atoms with Crippen LogP contribution in [0.5, 0.6) is 0 Å². The quantitative estimate of drug-likeness (QED) is 0.121. The number of nitrogens with zero attached hydrogens (tertiary/aromatic N) is 1. The van der Waals surface area contributed by atoms with Crippen LogP contribution < -0.4 is 25.6 Å². The van der Waals surface area contributed by atoms with Crippen molar-refractivity contribution >= 4 is 57.5 Å². The smallest absolute Gasteiger partial charge is 0.181 e. The summed E-state index contributed by atoms with van der Waals surface area (Å²) in [6.45, 7) is 15.8. The maximum absolute atomic E-state index is 7.91. The molecule has 0 unspecified atom stereocenters. The molecule has 0 spiro atoms. The number of benzene rings is 6. The first-order valence-corrected chi connectivity index (χ1v) is 19.3. The minimum absolute atomic E-state index is 0.0537. The van der Waals surface area contributed by atoms with Crippen LogP contribution in [0.15, 0.2) is 152 Å². The van der Waals surface area contributed by atoms with Gasteiger partial charge in [-0.3, -0.25) is 0 Å². The van der Waals surface area contributed by atoms with Gasteiger partial charge < -0.3 is 4.90 Å². The van der Waals surface area contributed by atoms with Gasteiger partial charge in [-0.2, -0.15) is 0 Å². The van der Waals surface area contributed by atoms with Crippen molar-refractivity contribution in [1.82, 2.24) is 0 Å². The molecule has 0 fully saturated rings. The SMILES string of the molecule is Cc1cc(N(c2ccc(C(C)(C)C)cc2)c2ccc(C(C)(C)C)cc2)c(Cl)c([Si](c2ccccc2)(c2ccccc2)c2ccccc2)c1. The molecule has 0 aromatic heterocycles. The molecule has 242 valence electrons. The van der Waals surface area contributed by atoms with E-state index in [0.29, 0.717) is 0 Å². The summed E-state index contributed by atoms with van der Waals surface area (Å²) in [6, 6.07) is 55.6. The van der Waals surface area contributed by atoms with Gasteiger partial charge in [0.25, 0.3) is 0 Å². The van der Waals surface area contributed by atoms with Gasteiger partial charge in [0.1, 0.15) is 0 Å². The predicted molar refractivity (Wildman–Crippen MR) is 212 cm³/mol. The van der Waals surface area contributed by atoms with E-state index < -0.39 is 8.07 Å². The molecule has 0 bridgehead atoms. The Morgan fingerprint density at radius 1 is 0.479 bits per heavy atom. The molecule has 0 saturated carbocycles. The van der Waals surface area contributed by atoms with Gasteiger partial charge in [-0.15, -0.1) is 0 Å². The van der Waals surface area contributed by atoms with Crippen LogP contribution in [0.1, 0.15) is 58.2 Å². The third-order valence-corrected chi connectivity index (χ3v) is 14.8. The number of halogens is 1. The van der Waals surface area contributed by atoms with Gasteiger partial charge in [-0.1, -0.05) is 174 Å². The Morgan fingerprint density at radius 3 is 1.17 bits per heavy atom. The van der Waals surface area contributed by atoms with Crippen LogP contribution in [-0.2, 0) is 10.8 Å². The van der Waals surface area contributed by atoms with Gasteiger partial charge in [-0.25, -0.2) is 0 Å². The first-order chi connectivity index (χ1) is 22.9. The minimum Gasteiger partial charge on any atom is -0.309 e. The van der Waals surface area contributed by atoms with Gasteiger partial charge in [0.05, 0.1) is 10.7 Å². The molecule has 0 radical (unpaired) electrons. The van der Waals surface area contributed by atoms with Gasteiger partial charge in [0.2, 0.25) is 0 Å². The fourth-order valence-corrected chi connectivity index (χ4v) is 12.4. The van der Waals surface area contributed by atoms with Gasteiger partial charge in [0.15, 0.2) is 8.07 Å². The summed E-state index contributed by atoms with van der Waals surface area (Å²) in [4.78, 5) is 2.35. The van der Waals surface area contributed by atoms with Crippen molar-refractivity contribution in [2.45, 2.75) is 59.3 Å². The van der Waals surface area contributed by atoms with Gasteiger partial charge >= 0.3 is 0 Å². The summed E-state index contributed by atoms with van der Waals surface area (Å²) in [5.41, 5.74) is 7.02. The van der Waals surface area contributed by atoms with Crippen LogP contribution in [0.2, 0.25) is 5.02 Å². The molecule has 0 heterocycles. The van der Waals surface area contributed by atoms with Crippen molar-refractivity contribution in [3.05, 3.63) is 173 Å². The van der Waals surface area contributed by atoms with Crippen LogP contribution in [0.25, 0.3) is 0 Å². The van der Waals surface area contributed by atoms with E-state index in [-0.39, 0.29) is 10.8 Å². The third-order valence-electron chi connectivity index (χ3n) is 9.45. The average Bonchev–Trinajstić information content (AvgIpc) is 3.08. The molecule has 6 aromatic rings. The molecule has 0 amide bonds. The third kappa shape index (κ3) is 6.40. The second kappa shape index (κ2) is 13.3. The molecule has 6 aromatic carbocycles. The number of hydrogen-bond acceptors (Lipinski definition) is 1. The topological polar surface area (TPSA) is 3.24 Å².